The van der Waals surface area contributed by atoms with Gasteiger partial charge in [0.2, 0.25) is 0 Å². The molecular formula is C9H21NPRu+. The van der Waals surface area contributed by atoms with Crippen molar-refractivity contribution in [2.75, 3.05) is 0 Å². The van der Waals surface area contributed by atoms with E-state index in [9.17, 15) is 0 Å². The van der Waals surface area contributed by atoms with Gasteiger partial charge < -0.3 is 12.7 Å². The van der Waals surface area contributed by atoms with Crippen molar-refractivity contribution in [3.8, 4) is 0 Å². The molecule has 0 rings (SSSR count). The van der Waals surface area contributed by atoms with Gasteiger partial charge in [-0.15, -0.1) is 6.04 Å². The van der Waals surface area contributed by atoms with Crippen molar-refractivity contribution in [3.05, 3.63) is 12.7 Å². The Morgan fingerprint density at radius 2 is 1.58 bits per heavy atom. The van der Waals surface area contributed by atoms with Gasteiger partial charge in [-0.25, -0.2) is 0 Å². The van der Waals surface area contributed by atoms with E-state index in [2.05, 4.69) is 39.9 Å². The van der Waals surface area contributed by atoms with Gasteiger partial charge in [0.15, 0.2) is 0 Å². The van der Waals surface area contributed by atoms with Gasteiger partial charge in [0, 0.05) is 0 Å². The van der Waals surface area contributed by atoms with Gasteiger partial charge >= 0.3 is 19.5 Å². The molecule has 0 aromatic rings. The Morgan fingerprint density at radius 3 is 1.83 bits per heavy atom. The fraction of sp³-hybridized carbons (Fsp3) is 0.778. The summed E-state index contributed by atoms with van der Waals surface area (Å²) in [4.78, 5) is 0. The van der Waals surface area contributed by atoms with E-state index in [-0.39, 0.29) is 26.9 Å². The summed E-state index contributed by atoms with van der Waals surface area (Å²) in [6, 6.07) is 0.464. The normalized spacial score (nSPS) is 11.1. The number of rotatable bonds is 3. The minimum Gasteiger partial charge on any atom is -0.598 e. The maximum Gasteiger partial charge on any atom is 2.00 e. The molecule has 0 saturated heterocycles. The first-order valence-electron chi connectivity index (χ1n) is 3.83. The van der Waals surface area contributed by atoms with Crippen molar-refractivity contribution in [2.24, 2.45) is 0 Å². The molecule has 0 bridgehead atoms. The van der Waals surface area contributed by atoms with Crippen molar-refractivity contribution in [1.82, 2.24) is 0 Å². The summed E-state index contributed by atoms with van der Waals surface area (Å²) in [6.07, 6.45) is 0. The van der Waals surface area contributed by atoms with Gasteiger partial charge in [0.1, 0.15) is 5.66 Å². The zero-order valence-corrected chi connectivity index (χ0v) is 11.7. The molecule has 74 valence electrons. The van der Waals surface area contributed by atoms with E-state index in [0.29, 0.717) is 6.04 Å². The van der Waals surface area contributed by atoms with Crippen LogP contribution < -0.4 is 0 Å². The molecule has 0 heterocycles. The number of hydrogen-bond acceptors (Lipinski definition) is 0. The van der Waals surface area contributed by atoms with Crippen molar-refractivity contribution in [1.29, 1.82) is 0 Å². The Balaban J connectivity index is -0.000000405. The third-order valence-corrected chi connectivity index (χ3v) is 2.07. The molecule has 0 fully saturated rings. The summed E-state index contributed by atoms with van der Waals surface area (Å²) in [5, 5.41) is 4.45. The van der Waals surface area contributed by atoms with Gasteiger partial charge in [-0.05, 0) is 26.2 Å². The monoisotopic (exact) mass is 276 g/mol. The fourth-order valence-corrected chi connectivity index (χ4v) is 2.01. The minimum absolute atomic E-state index is 0. The van der Waals surface area contributed by atoms with Crippen LogP contribution in [0.15, 0.2) is 0 Å². The van der Waals surface area contributed by atoms with E-state index in [1.165, 1.54) is 5.42 Å². The Bertz CT molecular complexity index is 122. The topological polar surface area (TPSA) is 14.1 Å². The van der Waals surface area contributed by atoms with Gasteiger partial charge in [-0.2, -0.15) is 0 Å². The van der Waals surface area contributed by atoms with Crippen molar-refractivity contribution in [2.45, 2.75) is 46.3 Å². The summed E-state index contributed by atoms with van der Waals surface area (Å²) >= 11 is 0. The summed E-state index contributed by atoms with van der Waals surface area (Å²) in [6.45, 7) is 10.8. The Morgan fingerprint density at radius 1 is 1.17 bits per heavy atom. The second-order valence-corrected chi connectivity index (χ2v) is 5.27. The first kappa shape index (κ1) is 18.5. The van der Waals surface area contributed by atoms with Crippen LogP contribution in [0.3, 0.4) is 0 Å². The number of hydrogen-bond donors (Lipinski definition) is 0. The van der Waals surface area contributed by atoms with Gasteiger partial charge in [0.25, 0.3) is 0 Å². The summed E-state index contributed by atoms with van der Waals surface area (Å²) in [7, 11) is 0.905. The van der Waals surface area contributed by atoms with E-state index in [1.54, 1.807) is 0 Å². The van der Waals surface area contributed by atoms with Crippen LogP contribution in [-0.2, 0) is 19.5 Å². The predicted molar refractivity (Wildman–Crippen MR) is 59.0 cm³/mol. The molecule has 1 atom stereocenters. The summed E-state index contributed by atoms with van der Waals surface area (Å²) < 4.78 is 0. The van der Waals surface area contributed by atoms with Gasteiger partial charge in [0.05, 0.1) is 8.20 Å². The molecule has 0 aromatic carbocycles. The molecular weight excluding hydrogens is 254 g/mol. The van der Waals surface area contributed by atoms with Crippen molar-refractivity contribution in [3.63, 3.8) is 0 Å². The molecule has 0 aromatic heterocycles. The second-order valence-electron chi connectivity index (χ2n) is 3.11. The van der Waals surface area contributed by atoms with E-state index < -0.39 is 0 Å². The van der Waals surface area contributed by atoms with Crippen LogP contribution in [0.1, 0.15) is 34.6 Å². The molecule has 0 aliphatic carbocycles. The average molecular weight is 275 g/mol. The Hall–Kier alpha value is 0.753. The van der Waals surface area contributed by atoms with E-state index in [4.69, 9.17) is 0 Å². The zero-order valence-electron chi connectivity index (χ0n) is 8.96. The van der Waals surface area contributed by atoms with Gasteiger partial charge in [-0.1, -0.05) is 13.8 Å². The number of nitrogens with zero attached hydrogens (tertiary/aromatic N) is 1. The Labute approximate surface area is 92.3 Å². The van der Waals surface area contributed by atoms with E-state index in [0.717, 1.165) is 13.9 Å². The van der Waals surface area contributed by atoms with Crippen LogP contribution in [-0.4, -0.2) is 17.1 Å². The zero-order chi connectivity index (χ0) is 8.15. The maximum absolute atomic E-state index is 4.45. The maximum atomic E-state index is 4.45. The molecule has 0 aliphatic heterocycles. The predicted octanol–water partition coefficient (Wildman–Crippen LogP) is 3.45. The summed E-state index contributed by atoms with van der Waals surface area (Å²) in [5.41, 5.74) is 2.08. The van der Waals surface area contributed by atoms with Crippen LogP contribution in [0.4, 0.5) is 0 Å². The van der Waals surface area contributed by atoms with Crippen molar-refractivity contribution < 1.29 is 19.5 Å². The standard InChI is InChI=1S/C8H17NP.CH3.Ru/c1-6(2)9-8(5)10-7(3)4;;/h6-7H,1-5H3;1H3;/q2*-1;+2/p+1. The fourth-order valence-electron chi connectivity index (χ4n) is 0.842. The SMILES string of the molecule is C/C([N-]C(C)C)=[PH+]\C(C)C.[CH3-].[Ru+2]. The molecule has 0 N–H and O–H groups in total. The quantitative estimate of drug-likeness (QED) is 0.425. The first-order chi connectivity index (χ1) is 4.52. The molecule has 0 saturated carbocycles. The third kappa shape index (κ3) is 13.4. The molecule has 3 heteroatoms. The van der Waals surface area contributed by atoms with E-state index in [1.807, 2.05) is 0 Å². The van der Waals surface area contributed by atoms with Crippen LogP contribution in [0, 0.1) is 7.43 Å². The molecule has 12 heavy (non-hydrogen) atoms. The van der Waals surface area contributed by atoms with Crippen LogP contribution in [0.25, 0.3) is 5.32 Å². The second kappa shape index (κ2) is 9.84. The third-order valence-electron chi connectivity index (χ3n) is 0.949. The largest absolute Gasteiger partial charge is 2.00 e. The average Bonchev–Trinajstić information content (AvgIpc) is 1.58. The van der Waals surface area contributed by atoms with Crippen molar-refractivity contribution >= 4 is 13.6 Å². The molecule has 0 spiro atoms. The first-order valence-corrected chi connectivity index (χ1v) is 4.91. The molecule has 0 aliphatic rings. The minimum atomic E-state index is 0. The molecule has 1 unspecified atom stereocenters. The Kier molecular flexibility index (Phi) is 15.2. The van der Waals surface area contributed by atoms with Gasteiger partial charge in [-0.3, -0.25) is 0 Å². The van der Waals surface area contributed by atoms with Crippen LogP contribution >= 0.6 is 8.20 Å². The molecule has 0 radical (unpaired) electrons. The van der Waals surface area contributed by atoms with E-state index >= 15 is 0 Å². The molecule has 1 nitrogen and oxygen atoms in total. The summed E-state index contributed by atoms with van der Waals surface area (Å²) in [5.74, 6) is 0. The van der Waals surface area contributed by atoms with Crippen LogP contribution in [0.5, 0.6) is 0 Å². The smallest absolute Gasteiger partial charge is 0.598 e. The molecule has 0 amide bonds. The van der Waals surface area contributed by atoms with Crippen LogP contribution in [0.2, 0.25) is 0 Å².